The van der Waals surface area contributed by atoms with E-state index in [0.29, 0.717) is 21.7 Å². The van der Waals surface area contributed by atoms with Crippen molar-refractivity contribution < 1.29 is 14.8 Å². The maximum atomic E-state index is 12.2. The molecule has 24 heavy (non-hydrogen) atoms. The quantitative estimate of drug-likeness (QED) is 0.373. The van der Waals surface area contributed by atoms with Gasteiger partial charge in [-0.15, -0.1) is 0 Å². The highest BCUT2D eigenvalue weighted by atomic mass is 35.5. The van der Waals surface area contributed by atoms with E-state index in [2.05, 4.69) is 0 Å². The molecule has 0 aliphatic heterocycles. The van der Waals surface area contributed by atoms with Crippen molar-refractivity contribution in [3.63, 3.8) is 0 Å². The Balaban J connectivity index is 2.16. The second kappa shape index (κ2) is 8.24. The summed E-state index contributed by atoms with van der Waals surface area (Å²) < 4.78 is 0. The Bertz CT molecular complexity index is 825. The van der Waals surface area contributed by atoms with E-state index < -0.39 is 5.91 Å². The summed E-state index contributed by atoms with van der Waals surface area (Å²) in [5.74, 6) is -0.716. The number of allylic oxidation sites excluding steroid dienone is 1. The standard InChI is InChI=1S/C19H16ClNO3/c1-13-4-2-3-5-16(13)18(22)10-9-15-8-6-14(12-17(15)20)7-11-19(23)21-24/h2-12,24H,1H3,(H,21,23). The lowest BCUT2D eigenvalue weighted by atomic mass is 10.0. The van der Waals surface area contributed by atoms with Gasteiger partial charge in [-0.2, -0.15) is 0 Å². The summed E-state index contributed by atoms with van der Waals surface area (Å²) in [6.45, 7) is 1.89. The number of carbonyl (C=O) groups is 2. The largest absolute Gasteiger partial charge is 0.289 e. The lowest BCUT2D eigenvalue weighted by Crippen LogP contribution is -2.14. The molecule has 2 N–H and O–H groups in total. The van der Waals surface area contributed by atoms with Crippen molar-refractivity contribution in [3.05, 3.63) is 81.9 Å². The lowest BCUT2D eigenvalue weighted by Gasteiger charge is -2.02. The maximum Gasteiger partial charge on any atom is 0.267 e. The van der Waals surface area contributed by atoms with Crippen molar-refractivity contribution in [2.75, 3.05) is 0 Å². The van der Waals surface area contributed by atoms with E-state index in [9.17, 15) is 9.59 Å². The van der Waals surface area contributed by atoms with Crippen LogP contribution in [0.3, 0.4) is 0 Å². The fourth-order valence-electron chi connectivity index (χ4n) is 2.10. The monoisotopic (exact) mass is 341 g/mol. The molecule has 2 rings (SSSR count). The SMILES string of the molecule is Cc1ccccc1C(=O)C=Cc1ccc(C=CC(=O)NO)cc1Cl. The number of amides is 1. The van der Waals surface area contributed by atoms with Gasteiger partial charge in [0.25, 0.3) is 5.91 Å². The first-order chi connectivity index (χ1) is 11.5. The average molecular weight is 342 g/mol. The van der Waals surface area contributed by atoms with Gasteiger partial charge in [-0.1, -0.05) is 48.0 Å². The van der Waals surface area contributed by atoms with Gasteiger partial charge in [-0.25, -0.2) is 5.48 Å². The smallest absolute Gasteiger partial charge is 0.267 e. The van der Waals surface area contributed by atoms with Gasteiger partial charge in [-0.3, -0.25) is 14.8 Å². The summed E-state index contributed by atoms with van der Waals surface area (Å²) in [5.41, 5.74) is 4.47. The number of benzene rings is 2. The number of aryl methyl sites for hydroxylation is 1. The number of hydrogen-bond acceptors (Lipinski definition) is 3. The van der Waals surface area contributed by atoms with Gasteiger partial charge in [0.15, 0.2) is 5.78 Å². The molecule has 0 spiro atoms. The van der Waals surface area contributed by atoms with E-state index >= 15 is 0 Å². The second-order valence-electron chi connectivity index (χ2n) is 5.10. The molecule has 2 aromatic carbocycles. The van der Waals surface area contributed by atoms with Crippen molar-refractivity contribution in [3.8, 4) is 0 Å². The van der Waals surface area contributed by atoms with Crippen LogP contribution < -0.4 is 5.48 Å². The van der Waals surface area contributed by atoms with Gasteiger partial charge in [0, 0.05) is 16.7 Å². The Kier molecular flexibility index (Phi) is 6.07. The Morgan fingerprint density at radius 3 is 2.50 bits per heavy atom. The molecule has 0 radical (unpaired) electrons. The van der Waals surface area contributed by atoms with Crippen molar-refractivity contribution in [1.82, 2.24) is 5.48 Å². The van der Waals surface area contributed by atoms with Crippen LogP contribution in [-0.4, -0.2) is 16.9 Å². The van der Waals surface area contributed by atoms with Crippen molar-refractivity contribution in [2.24, 2.45) is 0 Å². The third-order valence-corrected chi connectivity index (χ3v) is 3.71. The molecule has 0 unspecified atom stereocenters. The molecule has 122 valence electrons. The minimum absolute atomic E-state index is 0.0900. The highest BCUT2D eigenvalue weighted by Gasteiger charge is 2.05. The Labute approximate surface area is 145 Å². The zero-order valence-electron chi connectivity index (χ0n) is 13.0. The van der Waals surface area contributed by atoms with E-state index in [1.807, 2.05) is 25.1 Å². The highest BCUT2D eigenvalue weighted by molar-refractivity contribution is 6.32. The number of carbonyl (C=O) groups excluding carboxylic acids is 2. The number of ketones is 1. The summed E-state index contributed by atoms with van der Waals surface area (Å²) >= 11 is 6.19. The number of halogens is 1. The molecule has 0 aliphatic rings. The maximum absolute atomic E-state index is 12.2. The molecule has 0 aromatic heterocycles. The molecule has 0 fully saturated rings. The average Bonchev–Trinajstić information content (AvgIpc) is 2.58. The topological polar surface area (TPSA) is 66.4 Å². The number of rotatable bonds is 5. The van der Waals surface area contributed by atoms with E-state index in [1.165, 1.54) is 23.7 Å². The zero-order valence-corrected chi connectivity index (χ0v) is 13.7. The van der Waals surface area contributed by atoms with Gasteiger partial charge in [0.2, 0.25) is 0 Å². The molecule has 0 saturated carbocycles. The summed E-state index contributed by atoms with van der Waals surface area (Å²) in [6, 6.07) is 12.5. The molecule has 0 bridgehead atoms. The normalized spacial score (nSPS) is 11.1. The molecule has 0 aliphatic carbocycles. The second-order valence-corrected chi connectivity index (χ2v) is 5.51. The molecule has 4 nitrogen and oxygen atoms in total. The highest BCUT2D eigenvalue weighted by Crippen LogP contribution is 2.20. The molecule has 0 atom stereocenters. The Morgan fingerprint density at radius 1 is 1.08 bits per heavy atom. The van der Waals surface area contributed by atoms with Crippen LogP contribution in [0.15, 0.2) is 54.6 Å². The van der Waals surface area contributed by atoms with E-state index in [0.717, 1.165) is 5.56 Å². The summed E-state index contributed by atoms with van der Waals surface area (Å²) in [4.78, 5) is 23.2. The first kappa shape index (κ1) is 17.7. The number of hydroxylamine groups is 1. The molecule has 0 saturated heterocycles. The molecule has 0 heterocycles. The first-order valence-corrected chi connectivity index (χ1v) is 7.59. The van der Waals surface area contributed by atoms with Crippen LogP contribution in [0.4, 0.5) is 0 Å². The Hall–Kier alpha value is -2.69. The first-order valence-electron chi connectivity index (χ1n) is 7.21. The van der Waals surface area contributed by atoms with Crippen LogP contribution in [0.2, 0.25) is 5.02 Å². The van der Waals surface area contributed by atoms with Crippen molar-refractivity contribution in [1.29, 1.82) is 0 Å². The van der Waals surface area contributed by atoms with E-state index in [1.54, 1.807) is 30.3 Å². The summed E-state index contributed by atoms with van der Waals surface area (Å²) in [6.07, 6.45) is 5.84. The Morgan fingerprint density at radius 2 is 1.83 bits per heavy atom. The predicted molar refractivity (Wildman–Crippen MR) is 95.0 cm³/mol. The van der Waals surface area contributed by atoms with Gasteiger partial charge in [0.05, 0.1) is 0 Å². The van der Waals surface area contributed by atoms with Gasteiger partial charge < -0.3 is 0 Å². The van der Waals surface area contributed by atoms with Gasteiger partial charge >= 0.3 is 0 Å². The van der Waals surface area contributed by atoms with Crippen LogP contribution in [-0.2, 0) is 4.79 Å². The van der Waals surface area contributed by atoms with E-state index in [-0.39, 0.29) is 5.78 Å². The minimum atomic E-state index is -0.626. The van der Waals surface area contributed by atoms with Gasteiger partial charge in [0.1, 0.15) is 0 Å². The van der Waals surface area contributed by atoms with E-state index in [4.69, 9.17) is 16.8 Å². The number of nitrogens with one attached hydrogen (secondary N) is 1. The van der Waals surface area contributed by atoms with Crippen LogP contribution in [0, 0.1) is 6.92 Å². The third-order valence-electron chi connectivity index (χ3n) is 3.39. The van der Waals surface area contributed by atoms with Gasteiger partial charge in [-0.05, 0) is 47.9 Å². The number of hydrogen-bond donors (Lipinski definition) is 2. The predicted octanol–water partition coefficient (Wildman–Crippen LogP) is 4.06. The molecular formula is C19H16ClNO3. The molecule has 2 aromatic rings. The molecule has 1 amide bonds. The zero-order chi connectivity index (χ0) is 17.5. The van der Waals surface area contributed by atoms with Crippen molar-refractivity contribution in [2.45, 2.75) is 6.92 Å². The third kappa shape index (κ3) is 4.65. The summed E-state index contributed by atoms with van der Waals surface area (Å²) in [5, 5.41) is 8.88. The molecule has 5 heteroatoms. The van der Waals surface area contributed by atoms with Crippen LogP contribution in [0.1, 0.15) is 27.0 Å². The summed E-state index contributed by atoms with van der Waals surface area (Å²) in [7, 11) is 0. The fraction of sp³-hybridized carbons (Fsp3) is 0.0526. The van der Waals surface area contributed by atoms with Crippen molar-refractivity contribution >= 4 is 35.4 Å². The van der Waals surface area contributed by atoms with Crippen LogP contribution in [0.25, 0.3) is 12.2 Å². The lowest BCUT2D eigenvalue weighted by molar-refractivity contribution is -0.124. The fourth-order valence-corrected chi connectivity index (χ4v) is 2.35. The molecular weight excluding hydrogens is 326 g/mol. The minimum Gasteiger partial charge on any atom is -0.289 e. The van der Waals surface area contributed by atoms with Crippen LogP contribution >= 0.6 is 11.6 Å². The van der Waals surface area contributed by atoms with Crippen LogP contribution in [0.5, 0.6) is 0 Å².